The second-order valence-electron chi connectivity index (χ2n) is 7.23. The van der Waals surface area contributed by atoms with E-state index >= 15 is 0 Å². The highest BCUT2D eigenvalue weighted by atomic mass is 16.5. The van der Waals surface area contributed by atoms with E-state index < -0.39 is 0 Å². The quantitative estimate of drug-likeness (QED) is 0.781. The normalized spacial score (nSPS) is 26.8. The van der Waals surface area contributed by atoms with Gasteiger partial charge in [-0.3, -0.25) is 4.79 Å². The summed E-state index contributed by atoms with van der Waals surface area (Å²) in [4.78, 5) is 16.8. The first-order valence-electron chi connectivity index (χ1n) is 8.65. The van der Waals surface area contributed by atoms with Crippen LogP contribution >= 0.6 is 0 Å². The van der Waals surface area contributed by atoms with Crippen molar-refractivity contribution < 1.29 is 9.53 Å². The fraction of sp³-hybridized carbons (Fsp3) is 0.941. The first-order chi connectivity index (χ1) is 9.96. The van der Waals surface area contributed by atoms with E-state index in [2.05, 4.69) is 25.7 Å². The molecule has 2 aliphatic rings. The van der Waals surface area contributed by atoms with E-state index in [1.807, 2.05) is 11.8 Å². The Kier molecular flexibility index (Phi) is 5.67. The molecule has 2 rings (SSSR count). The molecule has 1 amide bonds. The molecule has 21 heavy (non-hydrogen) atoms. The van der Waals surface area contributed by atoms with Gasteiger partial charge in [0.2, 0.25) is 0 Å². The van der Waals surface area contributed by atoms with E-state index in [9.17, 15) is 4.79 Å². The number of rotatable bonds is 5. The van der Waals surface area contributed by atoms with Gasteiger partial charge in [0.1, 0.15) is 6.10 Å². The molecule has 2 aliphatic heterocycles. The van der Waals surface area contributed by atoms with Crippen molar-refractivity contribution in [2.75, 3.05) is 32.7 Å². The van der Waals surface area contributed by atoms with Gasteiger partial charge in [0.05, 0.1) is 5.60 Å². The summed E-state index contributed by atoms with van der Waals surface area (Å²) in [5.41, 5.74) is -0.0865. The summed E-state index contributed by atoms with van der Waals surface area (Å²) in [6.45, 7) is 13.7. The molecule has 122 valence electrons. The smallest absolute Gasteiger partial charge is 0.251 e. The zero-order valence-corrected chi connectivity index (χ0v) is 14.2. The minimum Gasteiger partial charge on any atom is -0.360 e. The van der Waals surface area contributed by atoms with Crippen LogP contribution in [0.1, 0.15) is 53.4 Å². The zero-order chi connectivity index (χ0) is 15.5. The van der Waals surface area contributed by atoms with Crippen molar-refractivity contribution in [3.05, 3.63) is 0 Å². The van der Waals surface area contributed by atoms with Crippen LogP contribution in [0.3, 0.4) is 0 Å². The Labute approximate surface area is 129 Å². The molecule has 1 atom stereocenters. The van der Waals surface area contributed by atoms with Gasteiger partial charge in [0.15, 0.2) is 0 Å². The van der Waals surface area contributed by atoms with E-state index in [0.717, 1.165) is 51.4 Å². The van der Waals surface area contributed by atoms with Gasteiger partial charge in [0.25, 0.3) is 5.91 Å². The van der Waals surface area contributed by atoms with Crippen molar-refractivity contribution >= 4 is 5.91 Å². The van der Waals surface area contributed by atoms with Crippen LogP contribution in [0.15, 0.2) is 0 Å². The van der Waals surface area contributed by atoms with Gasteiger partial charge in [-0.15, -0.1) is 0 Å². The van der Waals surface area contributed by atoms with E-state index in [-0.39, 0.29) is 17.6 Å². The number of hydrogen-bond donors (Lipinski definition) is 0. The van der Waals surface area contributed by atoms with Gasteiger partial charge in [0, 0.05) is 26.2 Å². The standard InChI is InChI=1S/C17H32N2O2/c1-5-9-19-13-17(21-15(4)16(19)20)7-11-18(12-8-17)10-6-14(2)3/h14-15H,5-13H2,1-4H3/t15-/m0/s1. The van der Waals surface area contributed by atoms with Crippen molar-refractivity contribution in [3.8, 4) is 0 Å². The maximum atomic E-state index is 12.2. The molecule has 0 aromatic rings. The number of piperidine rings is 1. The molecule has 0 aliphatic carbocycles. The summed E-state index contributed by atoms with van der Waals surface area (Å²) >= 11 is 0. The largest absolute Gasteiger partial charge is 0.360 e. The van der Waals surface area contributed by atoms with Crippen LogP contribution in [-0.2, 0) is 9.53 Å². The van der Waals surface area contributed by atoms with Crippen LogP contribution in [0.2, 0.25) is 0 Å². The fourth-order valence-corrected chi connectivity index (χ4v) is 3.51. The number of carbonyl (C=O) groups excluding carboxylic acids is 1. The lowest BCUT2D eigenvalue weighted by Crippen LogP contribution is -2.61. The molecule has 0 bridgehead atoms. The molecule has 0 aromatic carbocycles. The minimum atomic E-state index is -0.271. The number of likely N-dealkylation sites (tertiary alicyclic amines) is 1. The molecule has 4 nitrogen and oxygen atoms in total. The molecule has 2 saturated heterocycles. The van der Waals surface area contributed by atoms with Gasteiger partial charge in [-0.05, 0) is 45.1 Å². The Hall–Kier alpha value is -0.610. The predicted molar refractivity (Wildman–Crippen MR) is 85.3 cm³/mol. The molecule has 2 heterocycles. The monoisotopic (exact) mass is 296 g/mol. The number of amides is 1. The molecule has 1 spiro atoms. The van der Waals surface area contributed by atoms with Crippen LogP contribution in [0.4, 0.5) is 0 Å². The summed E-state index contributed by atoms with van der Waals surface area (Å²) in [7, 11) is 0. The number of hydrogen-bond acceptors (Lipinski definition) is 3. The van der Waals surface area contributed by atoms with Gasteiger partial charge < -0.3 is 14.5 Å². The number of carbonyl (C=O) groups is 1. The van der Waals surface area contributed by atoms with E-state index in [4.69, 9.17) is 4.74 Å². The summed E-state index contributed by atoms with van der Waals surface area (Å²) in [5.74, 6) is 0.939. The third kappa shape index (κ3) is 4.19. The van der Waals surface area contributed by atoms with Crippen LogP contribution in [0.25, 0.3) is 0 Å². The van der Waals surface area contributed by atoms with Crippen LogP contribution in [-0.4, -0.2) is 60.1 Å². The summed E-state index contributed by atoms with van der Waals surface area (Å²) in [5, 5.41) is 0. The SMILES string of the molecule is CCCN1CC2(CCN(CCC(C)C)CC2)O[C@@H](C)C1=O. The van der Waals surface area contributed by atoms with Crippen LogP contribution in [0, 0.1) is 5.92 Å². The zero-order valence-electron chi connectivity index (χ0n) is 14.2. The second kappa shape index (κ2) is 7.10. The van der Waals surface area contributed by atoms with Crippen molar-refractivity contribution in [2.24, 2.45) is 5.92 Å². The summed E-state index contributed by atoms with van der Waals surface area (Å²) in [6, 6.07) is 0. The molecular formula is C17H32N2O2. The molecule has 4 heteroatoms. The van der Waals surface area contributed by atoms with Crippen LogP contribution < -0.4 is 0 Å². The summed E-state index contributed by atoms with van der Waals surface area (Å²) < 4.78 is 6.16. The lowest BCUT2D eigenvalue weighted by atomic mass is 9.88. The maximum Gasteiger partial charge on any atom is 0.251 e. The van der Waals surface area contributed by atoms with E-state index in [1.165, 1.54) is 13.0 Å². The average molecular weight is 296 g/mol. The van der Waals surface area contributed by atoms with Gasteiger partial charge >= 0.3 is 0 Å². The van der Waals surface area contributed by atoms with E-state index in [1.54, 1.807) is 0 Å². The Morgan fingerprint density at radius 1 is 1.29 bits per heavy atom. The fourth-order valence-electron chi connectivity index (χ4n) is 3.51. The van der Waals surface area contributed by atoms with Gasteiger partial charge in [-0.2, -0.15) is 0 Å². The van der Waals surface area contributed by atoms with Gasteiger partial charge in [-0.25, -0.2) is 0 Å². The topological polar surface area (TPSA) is 32.8 Å². The van der Waals surface area contributed by atoms with Crippen LogP contribution in [0.5, 0.6) is 0 Å². The van der Waals surface area contributed by atoms with Crippen molar-refractivity contribution in [2.45, 2.75) is 65.1 Å². The maximum absolute atomic E-state index is 12.2. The number of morpholine rings is 1. The highest BCUT2D eigenvalue weighted by Crippen LogP contribution is 2.33. The average Bonchev–Trinajstić information content (AvgIpc) is 2.44. The first-order valence-corrected chi connectivity index (χ1v) is 8.65. The lowest BCUT2D eigenvalue weighted by molar-refractivity contribution is -0.189. The third-order valence-electron chi connectivity index (χ3n) is 4.85. The third-order valence-corrected chi connectivity index (χ3v) is 4.85. The molecule has 0 unspecified atom stereocenters. The molecule has 0 N–H and O–H groups in total. The predicted octanol–water partition coefficient (Wildman–Crippen LogP) is 2.52. The van der Waals surface area contributed by atoms with Crippen molar-refractivity contribution in [3.63, 3.8) is 0 Å². The highest BCUT2D eigenvalue weighted by molar-refractivity contribution is 5.81. The number of nitrogens with zero attached hydrogens (tertiary/aromatic N) is 2. The second-order valence-corrected chi connectivity index (χ2v) is 7.23. The van der Waals surface area contributed by atoms with Crippen molar-refractivity contribution in [1.29, 1.82) is 0 Å². The Balaban J connectivity index is 1.90. The molecule has 0 radical (unpaired) electrons. The Bertz CT molecular complexity index is 349. The highest BCUT2D eigenvalue weighted by Gasteiger charge is 2.44. The molecular weight excluding hydrogens is 264 g/mol. The first kappa shape index (κ1) is 16.8. The molecule has 2 fully saturated rings. The minimum absolute atomic E-state index is 0.0865. The Morgan fingerprint density at radius 3 is 2.52 bits per heavy atom. The van der Waals surface area contributed by atoms with Crippen molar-refractivity contribution in [1.82, 2.24) is 9.80 Å². The number of ether oxygens (including phenoxy) is 1. The molecule has 0 aromatic heterocycles. The Morgan fingerprint density at radius 2 is 1.95 bits per heavy atom. The van der Waals surface area contributed by atoms with E-state index in [0.29, 0.717) is 0 Å². The summed E-state index contributed by atoms with van der Waals surface area (Å²) in [6.07, 6.45) is 4.14. The lowest BCUT2D eigenvalue weighted by Gasteiger charge is -2.49. The van der Waals surface area contributed by atoms with Gasteiger partial charge in [-0.1, -0.05) is 20.8 Å². The molecule has 0 saturated carbocycles.